The lowest BCUT2D eigenvalue weighted by Crippen LogP contribution is -2.23. The molecule has 32 heavy (non-hydrogen) atoms. The number of phenolic OH excluding ortho intramolecular Hbond substituents is 1. The third-order valence-electron chi connectivity index (χ3n) is 5.95. The number of aromatic hydroxyl groups is 1. The van der Waals surface area contributed by atoms with Gasteiger partial charge in [0.05, 0.1) is 11.9 Å². The number of carboxylic acids is 1. The topological polar surface area (TPSA) is 91.7 Å². The van der Waals surface area contributed by atoms with Gasteiger partial charge in [0.25, 0.3) is 0 Å². The van der Waals surface area contributed by atoms with Crippen molar-refractivity contribution in [3.05, 3.63) is 53.3 Å². The van der Waals surface area contributed by atoms with Crippen molar-refractivity contribution >= 4 is 22.7 Å². The minimum atomic E-state index is -0.898. The molecule has 0 unspecified atom stereocenters. The normalized spacial score (nSPS) is 15.6. The minimum absolute atomic E-state index is 0.0576. The Bertz CT molecular complexity index is 1160. The maximum Gasteiger partial charge on any atom is 0.305 e. The Hall–Kier alpha value is -3.19. The summed E-state index contributed by atoms with van der Waals surface area (Å²) < 4.78 is 19.7. The van der Waals surface area contributed by atoms with Gasteiger partial charge in [0.2, 0.25) is 0 Å². The van der Waals surface area contributed by atoms with Crippen LogP contribution in [0.3, 0.4) is 0 Å². The van der Waals surface area contributed by atoms with Gasteiger partial charge >= 0.3 is 5.97 Å². The number of fused-ring (bicyclic) bond motifs is 1. The molecule has 1 aromatic heterocycles. The number of ether oxygens (including phenoxy) is 1. The van der Waals surface area contributed by atoms with Crippen molar-refractivity contribution in [2.45, 2.75) is 45.1 Å². The molecule has 0 amide bonds. The van der Waals surface area contributed by atoms with E-state index < -0.39 is 5.97 Å². The Balaban J connectivity index is 1.99. The highest BCUT2D eigenvalue weighted by atomic mass is 19.1. The van der Waals surface area contributed by atoms with E-state index in [-0.39, 0.29) is 29.9 Å². The summed E-state index contributed by atoms with van der Waals surface area (Å²) in [6, 6.07) is 9.75. The van der Waals surface area contributed by atoms with Gasteiger partial charge in [-0.2, -0.15) is 0 Å². The number of hydrogen-bond acceptors (Lipinski definition) is 5. The lowest BCUT2D eigenvalue weighted by atomic mass is 9.84. The minimum Gasteiger partial charge on any atom is -0.508 e. The first-order chi connectivity index (χ1) is 15.3. The number of nitrogens with zero attached hydrogens (tertiary/aromatic N) is 1. The molecular formula is C25H27FN2O4. The summed E-state index contributed by atoms with van der Waals surface area (Å²) in [5, 5.41) is 23.5. The van der Waals surface area contributed by atoms with Crippen LogP contribution in [0.2, 0.25) is 0 Å². The number of benzene rings is 2. The number of anilines is 1. The Morgan fingerprint density at radius 1 is 1.25 bits per heavy atom. The molecule has 1 aliphatic rings. The molecule has 1 fully saturated rings. The third-order valence-corrected chi connectivity index (χ3v) is 5.95. The number of carboxylic acid groups (broad SMARTS) is 1. The van der Waals surface area contributed by atoms with Crippen LogP contribution < -0.4 is 5.32 Å². The molecule has 0 radical (unpaired) electrons. The van der Waals surface area contributed by atoms with E-state index >= 15 is 0 Å². The van der Waals surface area contributed by atoms with Crippen LogP contribution in [-0.4, -0.2) is 40.4 Å². The van der Waals surface area contributed by atoms with Gasteiger partial charge in [-0.15, -0.1) is 0 Å². The van der Waals surface area contributed by atoms with Crippen LogP contribution in [-0.2, 0) is 9.53 Å². The molecule has 0 aliphatic carbocycles. The molecule has 168 valence electrons. The van der Waals surface area contributed by atoms with Crippen molar-refractivity contribution in [3.8, 4) is 16.9 Å². The highest BCUT2D eigenvalue weighted by Crippen LogP contribution is 2.43. The zero-order chi connectivity index (χ0) is 22.8. The first-order valence-corrected chi connectivity index (χ1v) is 10.8. The van der Waals surface area contributed by atoms with Crippen molar-refractivity contribution < 1.29 is 24.1 Å². The van der Waals surface area contributed by atoms with Crippen molar-refractivity contribution in [1.82, 2.24) is 4.98 Å². The summed E-state index contributed by atoms with van der Waals surface area (Å²) in [6.07, 6.45) is 1.55. The van der Waals surface area contributed by atoms with Gasteiger partial charge in [-0.1, -0.05) is 6.07 Å². The highest BCUT2D eigenvalue weighted by Gasteiger charge is 2.27. The average Bonchev–Trinajstić information content (AvgIpc) is 2.74. The Morgan fingerprint density at radius 2 is 2.00 bits per heavy atom. The number of pyridine rings is 1. The number of phenols is 1. The lowest BCUT2D eigenvalue weighted by Gasteiger charge is -2.29. The summed E-state index contributed by atoms with van der Waals surface area (Å²) in [7, 11) is 0. The molecule has 3 aromatic rings. The van der Waals surface area contributed by atoms with Crippen LogP contribution in [0.5, 0.6) is 5.75 Å². The fourth-order valence-electron chi connectivity index (χ4n) is 4.42. The van der Waals surface area contributed by atoms with E-state index in [0.29, 0.717) is 30.1 Å². The van der Waals surface area contributed by atoms with Gasteiger partial charge in [0.1, 0.15) is 17.4 Å². The molecule has 7 heteroatoms. The van der Waals surface area contributed by atoms with Gasteiger partial charge < -0.3 is 20.3 Å². The standard InChI is InChI=1S/C25H27FN2O4/c1-14-11-17(3-6-20(14)26)23-19-5-4-18(29)13-21(19)28-25(27-15(2)12-22(30)31)24(23)16-7-9-32-10-8-16/h3-6,11,13,15-16,29H,7-10,12H2,1-2H3,(H,27,28)(H,30,31)/t15-/m0/s1. The van der Waals surface area contributed by atoms with E-state index in [2.05, 4.69) is 5.32 Å². The first kappa shape index (κ1) is 22.0. The molecular weight excluding hydrogens is 411 g/mol. The fraction of sp³-hybridized carbons (Fsp3) is 0.360. The molecule has 4 rings (SSSR count). The van der Waals surface area contributed by atoms with Crippen LogP contribution in [0.15, 0.2) is 36.4 Å². The summed E-state index contributed by atoms with van der Waals surface area (Å²) in [5.41, 5.74) is 3.89. The predicted octanol–water partition coefficient (Wildman–Crippen LogP) is 5.22. The van der Waals surface area contributed by atoms with Gasteiger partial charge in [-0.3, -0.25) is 4.79 Å². The van der Waals surface area contributed by atoms with Crippen LogP contribution in [0, 0.1) is 12.7 Å². The van der Waals surface area contributed by atoms with E-state index in [0.717, 1.165) is 34.9 Å². The van der Waals surface area contributed by atoms with Crippen LogP contribution >= 0.6 is 0 Å². The molecule has 1 aliphatic heterocycles. The van der Waals surface area contributed by atoms with Crippen molar-refractivity contribution in [2.75, 3.05) is 18.5 Å². The maximum absolute atomic E-state index is 14.1. The second-order valence-electron chi connectivity index (χ2n) is 8.44. The maximum atomic E-state index is 14.1. The fourth-order valence-corrected chi connectivity index (χ4v) is 4.42. The van der Waals surface area contributed by atoms with Gasteiger partial charge in [0, 0.05) is 36.3 Å². The second-order valence-corrected chi connectivity index (χ2v) is 8.44. The zero-order valence-electron chi connectivity index (χ0n) is 18.2. The molecule has 3 N–H and O–H groups in total. The third kappa shape index (κ3) is 4.53. The van der Waals surface area contributed by atoms with E-state index in [1.807, 2.05) is 12.1 Å². The number of carbonyl (C=O) groups is 1. The number of aryl methyl sites for hydroxylation is 1. The quantitative estimate of drug-likeness (QED) is 0.489. The Kier molecular flexibility index (Phi) is 6.28. The van der Waals surface area contributed by atoms with E-state index in [1.54, 1.807) is 32.0 Å². The molecule has 0 spiro atoms. The monoisotopic (exact) mass is 438 g/mol. The number of halogens is 1. The molecule has 2 aromatic carbocycles. The Labute approximate surface area is 186 Å². The van der Waals surface area contributed by atoms with Crippen molar-refractivity contribution in [2.24, 2.45) is 0 Å². The zero-order valence-corrected chi connectivity index (χ0v) is 18.2. The number of rotatable bonds is 6. The molecule has 0 saturated carbocycles. The Morgan fingerprint density at radius 3 is 2.69 bits per heavy atom. The smallest absolute Gasteiger partial charge is 0.305 e. The summed E-state index contributed by atoms with van der Waals surface area (Å²) in [5.74, 6) is -0.333. The van der Waals surface area contributed by atoms with E-state index in [1.165, 1.54) is 6.07 Å². The van der Waals surface area contributed by atoms with Gasteiger partial charge in [-0.05, 0) is 73.6 Å². The summed E-state index contributed by atoms with van der Waals surface area (Å²) in [6.45, 7) is 4.79. The van der Waals surface area contributed by atoms with Gasteiger partial charge in [0.15, 0.2) is 0 Å². The number of nitrogens with one attached hydrogen (secondary N) is 1. The summed E-state index contributed by atoms with van der Waals surface area (Å²) in [4.78, 5) is 16.1. The molecule has 0 bridgehead atoms. The molecule has 2 heterocycles. The molecule has 1 atom stereocenters. The predicted molar refractivity (Wildman–Crippen MR) is 122 cm³/mol. The van der Waals surface area contributed by atoms with Gasteiger partial charge in [-0.25, -0.2) is 9.37 Å². The average molecular weight is 438 g/mol. The molecule has 1 saturated heterocycles. The number of aliphatic carboxylic acids is 1. The van der Waals surface area contributed by atoms with Crippen molar-refractivity contribution in [3.63, 3.8) is 0 Å². The largest absolute Gasteiger partial charge is 0.508 e. The SMILES string of the molecule is Cc1cc(-c2c(C3CCOCC3)c(N[C@@H](C)CC(=O)O)nc3cc(O)ccc23)ccc1F. The lowest BCUT2D eigenvalue weighted by molar-refractivity contribution is -0.137. The highest BCUT2D eigenvalue weighted by molar-refractivity contribution is 5.99. The number of hydrogen-bond donors (Lipinski definition) is 3. The van der Waals surface area contributed by atoms with Crippen LogP contribution in [0.25, 0.3) is 22.0 Å². The van der Waals surface area contributed by atoms with Crippen LogP contribution in [0.1, 0.15) is 43.2 Å². The van der Waals surface area contributed by atoms with Crippen molar-refractivity contribution in [1.29, 1.82) is 0 Å². The van der Waals surface area contributed by atoms with E-state index in [4.69, 9.17) is 9.72 Å². The van der Waals surface area contributed by atoms with Crippen LogP contribution in [0.4, 0.5) is 10.2 Å². The second kappa shape index (κ2) is 9.12. The van der Waals surface area contributed by atoms with E-state index in [9.17, 15) is 19.4 Å². The first-order valence-electron chi connectivity index (χ1n) is 10.8. The summed E-state index contributed by atoms with van der Waals surface area (Å²) >= 11 is 0. The number of aromatic nitrogens is 1. The molecule has 6 nitrogen and oxygen atoms in total.